The molecule has 0 bridgehead atoms. The fourth-order valence-corrected chi connectivity index (χ4v) is 5.84. The third kappa shape index (κ3) is 5.71. The van der Waals surface area contributed by atoms with E-state index in [1.165, 1.54) is 22.0 Å². The lowest BCUT2D eigenvalue weighted by molar-refractivity contribution is -0.126. The Hall–Kier alpha value is -2.25. The van der Waals surface area contributed by atoms with Gasteiger partial charge < -0.3 is 5.32 Å². The number of rotatable bonds is 7. The fourth-order valence-electron chi connectivity index (χ4n) is 4.31. The molecule has 1 amide bonds. The van der Waals surface area contributed by atoms with Crippen LogP contribution in [0.3, 0.4) is 0 Å². The zero-order valence-corrected chi connectivity index (χ0v) is 19.2. The smallest absolute Gasteiger partial charge is 0.243 e. The van der Waals surface area contributed by atoms with Gasteiger partial charge in [-0.05, 0) is 61.4 Å². The molecule has 1 N–H and O–H groups in total. The Morgan fingerprint density at radius 2 is 1.81 bits per heavy atom. The normalized spacial score (nSPS) is 19.0. The molecule has 7 heteroatoms. The van der Waals surface area contributed by atoms with Gasteiger partial charge in [-0.15, -0.1) is 0 Å². The summed E-state index contributed by atoms with van der Waals surface area (Å²) in [6.45, 7) is 6.80. The van der Waals surface area contributed by atoms with Gasteiger partial charge in [0.2, 0.25) is 15.9 Å². The Morgan fingerprint density at radius 3 is 2.45 bits per heavy atom. The number of benzene rings is 2. The van der Waals surface area contributed by atoms with E-state index in [9.17, 15) is 17.6 Å². The Labute approximate surface area is 184 Å². The summed E-state index contributed by atoms with van der Waals surface area (Å²) in [4.78, 5) is 13.0. The van der Waals surface area contributed by atoms with Crippen molar-refractivity contribution in [3.8, 4) is 0 Å². The summed E-state index contributed by atoms with van der Waals surface area (Å²) in [6.07, 6.45) is 2.03. The van der Waals surface area contributed by atoms with Crippen LogP contribution >= 0.6 is 0 Å². The number of nitrogens with zero attached hydrogens (tertiary/aromatic N) is 1. The van der Waals surface area contributed by atoms with Crippen LogP contribution in [0.5, 0.6) is 0 Å². The van der Waals surface area contributed by atoms with Gasteiger partial charge in [0.05, 0.1) is 10.8 Å². The number of carbonyl (C=O) groups excluding carboxylic acids is 1. The number of amides is 1. The lowest BCUT2D eigenvalue weighted by Gasteiger charge is -2.33. The molecule has 168 valence electrons. The average molecular weight is 447 g/mol. The maximum absolute atomic E-state index is 13.2. The van der Waals surface area contributed by atoms with Crippen LogP contribution in [0.2, 0.25) is 0 Å². The molecule has 0 saturated carbocycles. The van der Waals surface area contributed by atoms with Gasteiger partial charge in [-0.25, -0.2) is 12.8 Å². The Bertz CT molecular complexity index is 991. The molecule has 1 heterocycles. The molecule has 1 aliphatic rings. The first kappa shape index (κ1) is 23.4. The van der Waals surface area contributed by atoms with Crippen molar-refractivity contribution < 1.29 is 17.6 Å². The molecular weight excluding hydrogens is 415 g/mol. The maximum Gasteiger partial charge on any atom is 0.243 e. The van der Waals surface area contributed by atoms with Crippen LogP contribution in [0, 0.1) is 11.7 Å². The van der Waals surface area contributed by atoms with Gasteiger partial charge in [-0.3, -0.25) is 4.79 Å². The number of hydrogen-bond donors (Lipinski definition) is 1. The Kier molecular flexibility index (Phi) is 7.17. The van der Waals surface area contributed by atoms with Gasteiger partial charge in [0.15, 0.2) is 0 Å². The van der Waals surface area contributed by atoms with Crippen molar-refractivity contribution in [2.24, 2.45) is 5.92 Å². The topological polar surface area (TPSA) is 66.5 Å². The molecule has 3 rings (SSSR count). The van der Waals surface area contributed by atoms with E-state index in [0.29, 0.717) is 19.4 Å². The van der Waals surface area contributed by atoms with Crippen LogP contribution in [0.4, 0.5) is 4.39 Å². The predicted octanol–water partition coefficient (Wildman–Crippen LogP) is 4.10. The Morgan fingerprint density at radius 1 is 1.16 bits per heavy atom. The molecule has 2 aromatic carbocycles. The molecule has 1 aliphatic heterocycles. The third-order valence-corrected chi connectivity index (χ3v) is 7.85. The first-order valence-electron chi connectivity index (χ1n) is 10.7. The van der Waals surface area contributed by atoms with Crippen molar-refractivity contribution in [3.05, 3.63) is 66.0 Å². The first-order valence-corrected chi connectivity index (χ1v) is 12.2. The molecule has 2 atom stereocenters. The van der Waals surface area contributed by atoms with Crippen molar-refractivity contribution in [1.29, 1.82) is 0 Å². The first-order chi connectivity index (χ1) is 14.6. The van der Waals surface area contributed by atoms with E-state index in [4.69, 9.17) is 0 Å². The van der Waals surface area contributed by atoms with Crippen LogP contribution < -0.4 is 5.32 Å². The van der Waals surface area contributed by atoms with Crippen LogP contribution in [-0.4, -0.2) is 37.8 Å². The van der Waals surface area contributed by atoms with Crippen molar-refractivity contribution in [1.82, 2.24) is 9.62 Å². The van der Waals surface area contributed by atoms with Gasteiger partial charge >= 0.3 is 0 Å². The summed E-state index contributed by atoms with van der Waals surface area (Å²) in [7, 11) is -3.75. The van der Waals surface area contributed by atoms with Gasteiger partial charge in [-0.2, -0.15) is 4.31 Å². The highest BCUT2D eigenvalue weighted by molar-refractivity contribution is 7.89. The van der Waals surface area contributed by atoms with Crippen LogP contribution in [0.1, 0.15) is 45.6 Å². The highest BCUT2D eigenvalue weighted by atomic mass is 32.2. The van der Waals surface area contributed by atoms with Gasteiger partial charge in [-0.1, -0.05) is 44.2 Å². The second-order valence-corrected chi connectivity index (χ2v) is 11.0. The molecule has 31 heavy (non-hydrogen) atoms. The summed E-state index contributed by atoms with van der Waals surface area (Å²) in [5.74, 6) is -0.996. The molecule has 0 radical (unpaired) electrons. The Balaban J connectivity index is 1.62. The second-order valence-electron chi connectivity index (χ2n) is 9.02. The molecule has 5 nitrogen and oxygen atoms in total. The standard InChI is InChI=1S/C24H31FN2O3S/c1-18(16-24(2,3)20-9-5-4-6-10-20)26-23(28)19-8-7-15-27(17-19)31(29,30)22-13-11-21(25)12-14-22/h4-6,9-14,18-19H,7-8,15-17H2,1-3H3,(H,26,28)/t18-,19+/m1/s1. The summed E-state index contributed by atoms with van der Waals surface area (Å²) in [5.41, 5.74) is 1.11. The average Bonchev–Trinajstić information content (AvgIpc) is 2.74. The molecule has 0 aliphatic carbocycles. The van der Waals surface area contributed by atoms with Crippen LogP contribution in [0.15, 0.2) is 59.5 Å². The molecule has 1 saturated heterocycles. The van der Waals surface area contributed by atoms with Gasteiger partial charge in [0.1, 0.15) is 5.82 Å². The number of carbonyl (C=O) groups is 1. The maximum atomic E-state index is 13.2. The number of halogens is 1. The van der Waals surface area contributed by atoms with Crippen molar-refractivity contribution in [2.75, 3.05) is 13.1 Å². The predicted molar refractivity (Wildman–Crippen MR) is 120 cm³/mol. The number of sulfonamides is 1. The van der Waals surface area contributed by atoms with Crippen LogP contribution in [-0.2, 0) is 20.2 Å². The summed E-state index contributed by atoms with van der Waals surface area (Å²) < 4.78 is 40.3. The van der Waals surface area contributed by atoms with E-state index >= 15 is 0 Å². The van der Waals surface area contributed by atoms with E-state index in [1.807, 2.05) is 25.1 Å². The lowest BCUT2D eigenvalue weighted by Crippen LogP contribution is -2.47. The lowest BCUT2D eigenvalue weighted by atomic mass is 9.79. The largest absolute Gasteiger partial charge is 0.353 e. The molecule has 0 spiro atoms. The number of piperidine rings is 1. The van der Waals surface area contributed by atoms with E-state index in [1.54, 1.807) is 0 Å². The zero-order valence-electron chi connectivity index (χ0n) is 18.3. The van der Waals surface area contributed by atoms with E-state index in [-0.39, 0.29) is 28.8 Å². The number of nitrogens with one attached hydrogen (secondary N) is 1. The van der Waals surface area contributed by atoms with E-state index < -0.39 is 21.8 Å². The quantitative estimate of drug-likeness (QED) is 0.696. The molecule has 0 unspecified atom stereocenters. The highest BCUT2D eigenvalue weighted by Crippen LogP contribution is 2.29. The minimum absolute atomic E-state index is 0.0490. The summed E-state index contributed by atoms with van der Waals surface area (Å²) in [6, 6.07) is 14.9. The van der Waals surface area contributed by atoms with Crippen molar-refractivity contribution in [2.45, 2.75) is 56.4 Å². The fraction of sp³-hybridized carbons (Fsp3) is 0.458. The third-order valence-electron chi connectivity index (χ3n) is 5.97. The minimum Gasteiger partial charge on any atom is -0.353 e. The molecular formula is C24H31FN2O3S. The summed E-state index contributed by atoms with van der Waals surface area (Å²) >= 11 is 0. The van der Waals surface area contributed by atoms with Crippen molar-refractivity contribution >= 4 is 15.9 Å². The van der Waals surface area contributed by atoms with Crippen molar-refractivity contribution in [3.63, 3.8) is 0 Å². The highest BCUT2D eigenvalue weighted by Gasteiger charge is 2.34. The molecule has 1 fully saturated rings. The van der Waals surface area contributed by atoms with E-state index in [0.717, 1.165) is 18.6 Å². The monoisotopic (exact) mass is 446 g/mol. The zero-order chi connectivity index (χ0) is 22.6. The number of hydrogen-bond acceptors (Lipinski definition) is 3. The SMILES string of the molecule is C[C@H](CC(C)(C)c1ccccc1)NC(=O)[C@H]1CCCN(S(=O)(=O)c2ccc(F)cc2)C1. The summed E-state index contributed by atoms with van der Waals surface area (Å²) in [5, 5.41) is 3.08. The second kappa shape index (κ2) is 9.49. The minimum atomic E-state index is -3.75. The van der Waals surface area contributed by atoms with E-state index in [2.05, 4.69) is 31.3 Å². The van der Waals surface area contributed by atoms with Crippen LogP contribution in [0.25, 0.3) is 0 Å². The van der Waals surface area contributed by atoms with Gasteiger partial charge in [0.25, 0.3) is 0 Å². The molecule has 2 aromatic rings. The van der Waals surface area contributed by atoms with Gasteiger partial charge in [0, 0.05) is 19.1 Å². The molecule has 0 aromatic heterocycles.